The number of carbonyl (C=O) groups is 1. The maximum absolute atomic E-state index is 11.6. The fourth-order valence-corrected chi connectivity index (χ4v) is 1.99. The summed E-state index contributed by atoms with van der Waals surface area (Å²) in [6, 6.07) is 0. The second-order valence-corrected chi connectivity index (χ2v) is 5.20. The molecular weight excluding hydrogens is 242 g/mol. The molecule has 0 radical (unpaired) electrons. The molecule has 0 aromatic rings. The predicted octanol–water partition coefficient (Wildman–Crippen LogP) is 2.90. The number of carbonyl (C=O) groups excluding carboxylic acids is 1. The minimum atomic E-state index is -0.598. The average Bonchev–Trinajstić information content (AvgIpc) is 2.44. The minimum absolute atomic E-state index is 0.213. The van der Waals surface area contributed by atoms with Crippen LogP contribution >= 0.6 is 0 Å². The first-order chi connectivity index (χ1) is 9.10. The summed E-state index contributed by atoms with van der Waals surface area (Å²) >= 11 is 0. The Morgan fingerprint density at radius 2 is 1.74 bits per heavy atom. The maximum Gasteiger partial charge on any atom is 0.325 e. The van der Waals surface area contributed by atoms with E-state index >= 15 is 0 Å². The number of likely N-dealkylation sites (N-methyl/N-ethyl adjacent to an activating group) is 1. The van der Waals surface area contributed by atoms with Gasteiger partial charge in [0.2, 0.25) is 0 Å². The lowest BCUT2D eigenvalue weighted by atomic mass is 9.96. The molecule has 0 saturated heterocycles. The summed E-state index contributed by atoms with van der Waals surface area (Å²) in [5.74, 6) is -0.213. The smallest absolute Gasteiger partial charge is 0.325 e. The summed E-state index contributed by atoms with van der Waals surface area (Å²) in [5.41, 5.74) is -0.598. The highest BCUT2D eigenvalue weighted by molar-refractivity contribution is 5.80. The first-order valence-electron chi connectivity index (χ1n) is 7.45. The average molecular weight is 273 g/mol. The quantitative estimate of drug-likeness (QED) is 0.439. The van der Waals surface area contributed by atoms with Gasteiger partial charge in [-0.1, -0.05) is 32.6 Å². The van der Waals surface area contributed by atoms with Gasteiger partial charge in [0.25, 0.3) is 0 Å². The lowest BCUT2D eigenvalue weighted by molar-refractivity contribution is -0.148. The molecule has 1 atom stereocenters. The molecule has 1 N–H and O–H groups in total. The molecular formula is C15H31NO3. The van der Waals surface area contributed by atoms with Gasteiger partial charge in [-0.05, 0) is 33.2 Å². The van der Waals surface area contributed by atoms with Crippen LogP contribution in [0.2, 0.25) is 0 Å². The van der Waals surface area contributed by atoms with Crippen LogP contribution in [0.25, 0.3) is 0 Å². The third-order valence-corrected chi connectivity index (χ3v) is 3.55. The van der Waals surface area contributed by atoms with Crippen LogP contribution in [0.5, 0.6) is 0 Å². The van der Waals surface area contributed by atoms with Gasteiger partial charge in [-0.2, -0.15) is 0 Å². The molecule has 0 fully saturated rings. The van der Waals surface area contributed by atoms with Gasteiger partial charge in [0.05, 0.1) is 7.11 Å². The minimum Gasteiger partial charge on any atom is -0.468 e. The number of ether oxygens (including phenoxy) is 2. The molecule has 1 unspecified atom stereocenters. The molecule has 4 nitrogen and oxygen atoms in total. The summed E-state index contributed by atoms with van der Waals surface area (Å²) in [4.78, 5) is 11.6. The second kappa shape index (κ2) is 11.2. The highest BCUT2D eigenvalue weighted by Crippen LogP contribution is 2.14. The van der Waals surface area contributed by atoms with Crippen molar-refractivity contribution in [2.75, 3.05) is 27.4 Å². The van der Waals surface area contributed by atoms with Gasteiger partial charge >= 0.3 is 5.97 Å². The molecule has 0 heterocycles. The molecule has 4 heteroatoms. The molecule has 0 aliphatic carbocycles. The Morgan fingerprint density at radius 3 is 2.32 bits per heavy atom. The number of hydrogen-bond acceptors (Lipinski definition) is 4. The molecule has 19 heavy (non-hydrogen) atoms. The molecule has 0 aliphatic rings. The number of esters is 1. The van der Waals surface area contributed by atoms with Crippen molar-refractivity contribution in [1.29, 1.82) is 0 Å². The number of unbranched alkanes of at least 4 members (excludes halogenated alkanes) is 4. The zero-order valence-electron chi connectivity index (χ0n) is 13.1. The van der Waals surface area contributed by atoms with Gasteiger partial charge in [0.1, 0.15) is 5.54 Å². The first kappa shape index (κ1) is 18.4. The molecule has 0 aromatic heterocycles. The SMILES string of the molecule is CCCCCCCOCCCC(C)(NC)C(=O)OC. The van der Waals surface area contributed by atoms with Crippen LogP contribution in [0.4, 0.5) is 0 Å². The first-order valence-corrected chi connectivity index (χ1v) is 7.45. The highest BCUT2D eigenvalue weighted by atomic mass is 16.5. The van der Waals surface area contributed by atoms with Gasteiger partial charge in [0, 0.05) is 13.2 Å². The summed E-state index contributed by atoms with van der Waals surface area (Å²) in [6.07, 6.45) is 7.88. The Balaban J connectivity index is 3.54. The van der Waals surface area contributed by atoms with Gasteiger partial charge in [-0.15, -0.1) is 0 Å². The van der Waals surface area contributed by atoms with E-state index in [1.165, 1.54) is 32.8 Å². The maximum atomic E-state index is 11.6. The van der Waals surface area contributed by atoms with Crippen molar-refractivity contribution < 1.29 is 14.3 Å². The van der Waals surface area contributed by atoms with Crippen molar-refractivity contribution >= 4 is 5.97 Å². The van der Waals surface area contributed by atoms with E-state index < -0.39 is 5.54 Å². The number of hydrogen-bond donors (Lipinski definition) is 1. The van der Waals surface area contributed by atoms with Crippen molar-refractivity contribution in [3.05, 3.63) is 0 Å². The fourth-order valence-electron chi connectivity index (χ4n) is 1.99. The van der Waals surface area contributed by atoms with Gasteiger partial charge in [0.15, 0.2) is 0 Å². The van der Waals surface area contributed by atoms with Crippen LogP contribution in [-0.4, -0.2) is 38.9 Å². The molecule has 0 saturated carbocycles. The van der Waals surface area contributed by atoms with E-state index in [4.69, 9.17) is 9.47 Å². The Labute approximate surface area is 118 Å². The predicted molar refractivity (Wildman–Crippen MR) is 78.3 cm³/mol. The van der Waals surface area contributed by atoms with Crippen molar-refractivity contribution in [1.82, 2.24) is 5.32 Å². The molecule has 0 aromatic carbocycles. The summed E-state index contributed by atoms with van der Waals surface area (Å²) < 4.78 is 10.4. The second-order valence-electron chi connectivity index (χ2n) is 5.20. The molecule has 0 spiro atoms. The van der Waals surface area contributed by atoms with Crippen LogP contribution < -0.4 is 5.32 Å². The summed E-state index contributed by atoms with van der Waals surface area (Å²) in [6.45, 7) is 5.63. The van der Waals surface area contributed by atoms with Crippen LogP contribution in [0.1, 0.15) is 58.8 Å². The van der Waals surface area contributed by atoms with Crippen molar-refractivity contribution in [3.63, 3.8) is 0 Å². The Kier molecular flexibility index (Phi) is 10.9. The standard InChI is InChI=1S/C15H31NO3/c1-5-6-7-8-9-12-19-13-10-11-15(2,16-3)14(17)18-4/h16H,5-13H2,1-4H3. The third kappa shape index (κ3) is 8.22. The summed E-state index contributed by atoms with van der Waals surface area (Å²) in [7, 11) is 3.20. The van der Waals surface area contributed by atoms with Crippen molar-refractivity contribution in [3.8, 4) is 0 Å². The van der Waals surface area contributed by atoms with E-state index in [1.807, 2.05) is 6.92 Å². The van der Waals surface area contributed by atoms with Gasteiger partial charge in [-0.25, -0.2) is 0 Å². The normalized spacial score (nSPS) is 14.1. The zero-order valence-corrected chi connectivity index (χ0v) is 13.1. The molecule has 0 aliphatic heterocycles. The van der Waals surface area contributed by atoms with Crippen LogP contribution in [0.15, 0.2) is 0 Å². The number of nitrogens with one attached hydrogen (secondary N) is 1. The molecule has 114 valence electrons. The Bertz CT molecular complexity index is 233. The molecule has 0 rings (SSSR count). The number of methoxy groups -OCH3 is 1. The largest absolute Gasteiger partial charge is 0.468 e. The van der Waals surface area contributed by atoms with E-state index in [2.05, 4.69) is 12.2 Å². The van der Waals surface area contributed by atoms with Gasteiger partial charge < -0.3 is 14.8 Å². The lowest BCUT2D eigenvalue weighted by Gasteiger charge is -2.25. The van der Waals surface area contributed by atoms with E-state index in [9.17, 15) is 4.79 Å². The Hall–Kier alpha value is -0.610. The number of rotatable bonds is 12. The third-order valence-electron chi connectivity index (χ3n) is 3.55. The monoisotopic (exact) mass is 273 g/mol. The van der Waals surface area contributed by atoms with E-state index in [-0.39, 0.29) is 5.97 Å². The lowest BCUT2D eigenvalue weighted by Crippen LogP contribution is -2.48. The van der Waals surface area contributed by atoms with Gasteiger partial charge in [-0.3, -0.25) is 4.79 Å². The van der Waals surface area contributed by atoms with Crippen LogP contribution in [0.3, 0.4) is 0 Å². The van der Waals surface area contributed by atoms with E-state index in [1.54, 1.807) is 7.05 Å². The van der Waals surface area contributed by atoms with E-state index in [0.717, 1.165) is 25.9 Å². The van der Waals surface area contributed by atoms with Crippen molar-refractivity contribution in [2.24, 2.45) is 0 Å². The van der Waals surface area contributed by atoms with Crippen LogP contribution in [0, 0.1) is 0 Å². The van der Waals surface area contributed by atoms with Crippen molar-refractivity contribution in [2.45, 2.75) is 64.3 Å². The highest BCUT2D eigenvalue weighted by Gasteiger charge is 2.31. The Morgan fingerprint density at radius 1 is 1.11 bits per heavy atom. The molecule has 0 amide bonds. The van der Waals surface area contributed by atoms with Crippen LogP contribution in [-0.2, 0) is 14.3 Å². The zero-order chi connectivity index (χ0) is 14.6. The summed E-state index contributed by atoms with van der Waals surface area (Å²) in [5, 5.41) is 3.02. The topological polar surface area (TPSA) is 47.6 Å². The van der Waals surface area contributed by atoms with E-state index in [0.29, 0.717) is 6.61 Å². The molecule has 0 bridgehead atoms. The fraction of sp³-hybridized carbons (Fsp3) is 0.933.